The summed E-state index contributed by atoms with van der Waals surface area (Å²) in [6.45, 7) is 1.39. The van der Waals surface area contributed by atoms with E-state index in [9.17, 15) is 0 Å². The third kappa shape index (κ3) is 3.97. The number of ether oxygens (including phenoxy) is 1. The van der Waals surface area contributed by atoms with Gasteiger partial charge in [0.2, 0.25) is 0 Å². The van der Waals surface area contributed by atoms with Crippen molar-refractivity contribution in [1.29, 1.82) is 0 Å². The molecule has 110 valence electrons. The first-order valence-electron chi connectivity index (χ1n) is 6.64. The van der Waals surface area contributed by atoms with Gasteiger partial charge in [0.05, 0.1) is 7.11 Å². The summed E-state index contributed by atoms with van der Waals surface area (Å²) >= 11 is 0. The van der Waals surface area contributed by atoms with Crippen molar-refractivity contribution in [3.05, 3.63) is 65.2 Å². The molecule has 2 aromatic carbocycles. The summed E-state index contributed by atoms with van der Waals surface area (Å²) in [6, 6.07) is 15.6. The van der Waals surface area contributed by atoms with Gasteiger partial charge in [-0.15, -0.1) is 0 Å². The Hall–Kier alpha value is -2.53. The summed E-state index contributed by atoms with van der Waals surface area (Å²) < 4.78 is 5.33. The summed E-state index contributed by atoms with van der Waals surface area (Å²) in [5.41, 5.74) is 8.44. The lowest BCUT2D eigenvalue weighted by atomic mass is 10.1. The summed E-state index contributed by atoms with van der Waals surface area (Å²) in [7, 11) is 1.62. The number of benzene rings is 2. The van der Waals surface area contributed by atoms with Crippen molar-refractivity contribution in [3.63, 3.8) is 0 Å². The van der Waals surface area contributed by atoms with Gasteiger partial charge in [-0.1, -0.05) is 35.5 Å². The fraction of sp³-hybridized carbons (Fsp3) is 0.188. The number of hydrogen-bond acceptors (Lipinski definition) is 4. The standard InChI is InChI=1S/C16H19N3O2/c1-21-15-8-7-13(16(17)19-20)9-14(15)11-18-10-12-5-3-2-4-6-12/h2-9,18,20H,10-11H2,1H3,(H2,17,19). The molecule has 5 heteroatoms. The highest BCUT2D eigenvalue weighted by Gasteiger charge is 2.07. The van der Waals surface area contributed by atoms with Crippen LogP contribution < -0.4 is 15.8 Å². The predicted molar refractivity (Wildman–Crippen MR) is 82.5 cm³/mol. The van der Waals surface area contributed by atoms with Crippen LogP contribution in [0.3, 0.4) is 0 Å². The van der Waals surface area contributed by atoms with Gasteiger partial charge in [0.15, 0.2) is 5.84 Å². The maximum Gasteiger partial charge on any atom is 0.170 e. The molecule has 0 atom stereocenters. The molecular weight excluding hydrogens is 266 g/mol. The van der Waals surface area contributed by atoms with Crippen LogP contribution in [0.15, 0.2) is 53.7 Å². The van der Waals surface area contributed by atoms with E-state index in [4.69, 9.17) is 15.7 Å². The quantitative estimate of drug-likeness (QED) is 0.328. The van der Waals surface area contributed by atoms with Crippen molar-refractivity contribution in [3.8, 4) is 5.75 Å². The van der Waals surface area contributed by atoms with Crippen molar-refractivity contribution in [1.82, 2.24) is 5.32 Å². The SMILES string of the molecule is COc1ccc(/C(N)=N/O)cc1CNCc1ccccc1. The van der Waals surface area contributed by atoms with Crippen LogP contribution >= 0.6 is 0 Å². The highest BCUT2D eigenvalue weighted by Crippen LogP contribution is 2.20. The highest BCUT2D eigenvalue weighted by atomic mass is 16.5. The fourth-order valence-electron chi connectivity index (χ4n) is 2.07. The third-order valence-electron chi connectivity index (χ3n) is 3.17. The second-order valence-corrected chi connectivity index (χ2v) is 4.60. The molecule has 0 saturated carbocycles. The van der Waals surface area contributed by atoms with Crippen LogP contribution in [-0.2, 0) is 13.1 Å². The molecule has 0 aliphatic carbocycles. The number of oxime groups is 1. The van der Waals surface area contributed by atoms with E-state index in [1.165, 1.54) is 5.56 Å². The zero-order valence-electron chi connectivity index (χ0n) is 11.9. The van der Waals surface area contributed by atoms with Crippen molar-refractivity contribution in [2.45, 2.75) is 13.1 Å². The van der Waals surface area contributed by atoms with Gasteiger partial charge < -0.3 is 21.0 Å². The zero-order chi connectivity index (χ0) is 15.1. The highest BCUT2D eigenvalue weighted by molar-refractivity contribution is 5.97. The molecule has 0 heterocycles. The van der Waals surface area contributed by atoms with E-state index in [2.05, 4.69) is 22.6 Å². The van der Waals surface area contributed by atoms with Crippen molar-refractivity contribution in [2.24, 2.45) is 10.9 Å². The first kappa shape index (κ1) is 14.9. The van der Waals surface area contributed by atoms with Crippen molar-refractivity contribution < 1.29 is 9.94 Å². The lowest BCUT2D eigenvalue weighted by Gasteiger charge is -2.11. The molecule has 4 N–H and O–H groups in total. The van der Waals surface area contributed by atoms with E-state index in [1.807, 2.05) is 30.3 Å². The molecule has 0 bridgehead atoms. The van der Waals surface area contributed by atoms with Gasteiger partial charge in [-0.25, -0.2) is 0 Å². The van der Waals surface area contributed by atoms with Gasteiger partial charge in [0.1, 0.15) is 5.75 Å². The molecule has 0 aromatic heterocycles. The van der Waals surface area contributed by atoms with Gasteiger partial charge in [0, 0.05) is 24.2 Å². The number of nitrogens with two attached hydrogens (primary N) is 1. The molecule has 0 fully saturated rings. The first-order valence-corrected chi connectivity index (χ1v) is 6.64. The second-order valence-electron chi connectivity index (χ2n) is 4.60. The van der Waals surface area contributed by atoms with Crippen LogP contribution in [0.25, 0.3) is 0 Å². The van der Waals surface area contributed by atoms with Crippen LogP contribution in [0.4, 0.5) is 0 Å². The molecule has 2 aromatic rings. The molecule has 21 heavy (non-hydrogen) atoms. The number of nitrogens with zero attached hydrogens (tertiary/aromatic N) is 1. The van der Waals surface area contributed by atoms with Gasteiger partial charge in [-0.3, -0.25) is 0 Å². The smallest absolute Gasteiger partial charge is 0.170 e. The molecule has 0 aliphatic heterocycles. The number of methoxy groups -OCH3 is 1. The Morgan fingerprint density at radius 2 is 1.95 bits per heavy atom. The zero-order valence-corrected chi connectivity index (χ0v) is 11.9. The van der Waals surface area contributed by atoms with Gasteiger partial charge in [-0.05, 0) is 23.8 Å². The summed E-state index contributed by atoms with van der Waals surface area (Å²) in [4.78, 5) is 0. The Kier molecular flexibility index (Phi) is 5.17. The maximum atomic E-state index is 8.75. The normalized spacial score (nSPS) is 11.4. The molecular formula is C16H19N3O2. The Morgan fingerprint density at radius 3 is 2.62 bits per heavy atom. The maximum absolute atomic E-state index is 8.75. The molecule has 0 unspecified atom stereocenters. The van der Waals surface area contributed by atoms with Crippen LogP contribution in [-0.4, -0.2) is 18.2 Å². The number of rotatable bonds is 6. The summed E-state index contributed by atoms with van der Waals surface area (Å²) in [5, 5.41) is 15.1. The lowest BCUT2D eigenvalue weighted by Crippen LogP contribution is -2.16. The molecule has 0 amide bonds. The third-order valence-corrected chi connectivity index (χ3v) is 3.17. The van der Waals surface area contributed by atoms with E-state index in [1.54, 1.807) is 13.2 Å². The van der Waals surface area contributed by atoms with Crippen LogP contribution in [0, 0.1) is 0 Å². The summed E-state index contributed by atoms with van der Waals surface area (Å²) in [5.74, 6) is 0.854. The minimum atomic E-state index is 0.0852. The molecule has 2 rings (SSSR count). The van der Waals surface area contributed by atoms with Gasteiger partial charge >= 0.3 is 0 Å². The predicted octanol–water partition coefficient (Wildman–Crippen LogP) is 2.08. The van der Waals surface area contributed by atoms with Gasteiger partial charge in [-0.2, -0.15) is 0 Å². The topological polar surface area (TPSA) is 79.9 Å². The van der Waals surface area contributed by atoms with Gasteiger partial charge in [0.25, 0.3) is 0 Å². The van der Waals surface area contributed by atoms with E-state index >= 15 is 0 Å². The largest absolute Gasteiger partial charge is 0.496 e. The fourth-order valence-corrected chi connectivity index (χ4v) is 2.07. The average molecular weight is 285 g/mol. The summed E-state index contributed by atoms with van der Waals surface area (Å²) in [6.07, 6.45) is 0. The molecule has 0 radical (unpaired) electrons. The number of hydrogen-bond donors (Lipinski definition) is 3. The van der Waals surface area contributed by atoms with Crippen LogP contribution in [0.2, 0.25) is 0 Å². The first-order chi connectivity index (χ1) is 10.2. The van der Waals surface area contributed by atoms with E-state index in [-0.39, 0.29) is 5.84 Å². The Balaban J connectivity index is 2.07. The second kappa shape index (κ2) is 7.31. The van der Waals surface area contributed by atoms with Crippen LogP contribution in [0.1, 0.15) is 16.7 Å². The van der Waals surface area contributed by atoms with Crippen molar-refractivity contribution in [2.75, 3.05) is 7.11 Å². The Labute approximate surface area is 124 Å². The van der Waals surface area contributed by atoms with Crippen molar-refractivity contribution >= 4 is 5.84 Å². The minimum absolute atomic E-state index is 0.0852. The lowest BCUT2D eigenvalue weighted by molar-refractivity contribution is 0.318. The molecule has 0 saturated heterocycles. The monoisotopic (exact) mass is 285 g/mol. The van der Waals surface area contributed by atoms with Crippen LogP contribution in [0.5, 0.6) is 5.75 Å². The molecule has 5 nitrogen and oxygen atoms in total. The van der Waals surface area contributed by atoms with E-state index < -0.39 is 0 Å². The van der Waals surface area contributed by atoms with E-state index in [0.717, 1.165) is 17.9 Å². The molecule has 0 spiro atoms. The minimum Gasteiger partial charge on any atom is -0.496 e. The van der Waals surface area contributed by atoms with E-state index in [0.29, 0.717) is 12.1 Å². The Bertz CT molecular complexity index is 612. The number of amidine groups is 1. The Morgan fingerprint density at radius 1 is 1.19 bits per heavy atom. The number of nitrogens with one attached hydrogen (secondary N) is 1. The average Bonchev–Trinajstić information content (AvgIpc) is 2.55. The molecule has 0 aliphatic rings.